The molecule has 0 radical (unpaired) electrons. The predicted octanol–water partition coefficient (Wildman–Crippen LogP) is 2.95. The van der Waals surface area contributed by atoms with Gasteiger partial charge in [0.25, 0.3) is 0 Å². The van der Waals surface area contributed by atoms with Gasteiger partial charge in [-0.25, -0.2) is 0 Å². The molecule has 1 heterocycles. The Morgan fingerprint density at radius 3 is 2.68 bits per heavy atom. The van der Waals surface area contributed by atoms with E-state index in [-0.39, 0.29) is 18.1 Å². The van der Waals surface area contributed by atoms with Crippen LogP contribution in [0.3, 0.4) is 0 Å². The molecule has 5 heteroatoms. The maximum atomic E-state index is 13.1. The molecule has 28 heavy (non-hydrogen) atoms. The van der Waals surface area contributed by atoms with E-state index in [0.717, 1.165) is 16.9 Å². The smallest absolute Gasteiger partial charge is 0.227 e. The van der Waals surface area contributed by atoms with Crippen LogP contribution in [0.4, 0.5) is 0 Å². The molecule has 0 aromatic heterocycles. The van der Waals surface area contributed by atoms with Crippen LogP contribution in [0.1, 0.15) is 30.1 Å². The van der Waals surface area contributed by atoms with Gasteiger partial charge in [0, 0.05) is 13.1 Å². The van der Waals surface area contributed by atoms with Crippen LogP contribution in [0.5, 0.6) is 5.75 Å². The zero-order valence-corrected chi connectivity index (χ0v) is 16.1. The summed E-state index contributed by atoms with van der Waals surface area (Å²) in [6.45, 7) is 2.24. The van der Waals surface area contributed by atoms with Crippen molar-refractivity contribution < 1.29 is 14.3 Å². The van der Waals surface area contributed by atoms with Gasteiger partial charge in [-0.15, -0.1) is 0 Å². The van der Waals surface area contributed by atoms with Crippen LogP contribution >= 0.6 is 0 Å². The fourth-order valence-corrected chi connectivity index (χ4v) is 3.78. The van der Waals surface area contributed by atoms with E-state index < -0.39 is 0 Å². The number of benzene rings is 2. The summed E-state index contributed by atoms with van der Waals surface area (Å²) in [5, 5.41) is 0. The lowest BCUT2D eigenvalue weighted by Crippen LogP contribution is -2.48. The number of amides is 1. The molecule has 1 aliphatic heterocycles. The number of ether oxygens (including phenoxy) is 2. The first-order valence-corrected chi connectivity index (χ1v) is 10.1. The zero-order chi connectivity index (χ0) is 19.3. The van der Waals surface area contributed by atoms with E-state index in [4.69, 9.17) is 15.2 Å². The van der Waals surface area contributed by atoms with E-state index in [0.29, 0.717) is 38.6 Å². The Bertz CT molecular complexity index is 791. The van der Waals surface area contributed by atoms with Crippen LogP contribution in [0.15, 0.2) is 54.6 Å². The molecule has 1 saturated heterocycles. The Labute approximate surface area is 166 Å². The minimum absolute atomic E-state index is 0.0521. The van der Waals surface area contributed by atoms with E-state index in [1.165, 1.54) is 12.8 Å². The van der Waals surface area contributed by atoms with Crippen molar-refractivity contribution in [2.45, 2.75) is 31.5 Å². The monoisotopic (exact) mass is 380 g/mol. The summed E-state index contributed by atoms with van der Waals surface area (Å²) in [7, 11) is 0. The Kier molecular flexibility index (Phi) is 5.93. The topological polar surface area (TPSA) is 64.8 Å². The van der Waals surface area contributed by atoms with Crippen molar-refractivity contribution in [1.82, 2.24) is 4.90 Å². The third-order valence-electron chi connectivity index (χ3n) is 5.44. The first-order valence-electron chi connectivity index (χ1n) is 10.1. The normalized spacial score (nSPS) is 22.1. The molecule has 0 unspecified atom stereocenters. The molecule has 2 aromatic rings. The second kappa shape index (κ2) is 8.76. The number of rotatable bonds is 7. The van der Waals surface area contributed by atoms with Gasteiger partial charge in [0.2, 0.25) is 5.91 Å². The van der Waals surface area contributed by atoms with Gasteiger partial charge in [0.1, 0.15) is 18.5 Å². The van der Waals surface area contributed by atoms with Gasteiger partial charge in [-0.3, -0.25) is 4.79 Å². The summed E-state index contributed by atoms with van der Waals surface area (Å²) in [5.41, 5.74) is 7.60. The highest BCUT2D eigenvalue weighted by atomic mass is 16.5. The standard InChI is InChI=1S/C23H28N2O3/c24-11-12-27-20-8-4-5-17(13-20)14-23(26)25-15-21(18-6-2-1-3-7-18)28-22(16-25)19-9-10-19/h1-8,13,19,21-22H,9-12,14-16,24H2/t21-,22+/m0/s1. The molecular formula is C23H28N2O3. The van der Waals surface area contributed by atoms with Gasteiger partial charge >= 0.3 is 0 Å². The van der Waals surface area contributed by atoms with Crippen LogP contribution < -0.4 is 10.5 Å². The summed E-state index contributed by atoms with van der Waals surface area (Å²) in [5.74, 6) is 1.50. The molecule has 4 rings (SSSR count). The minimum Gasteiger partial charge on any atom is -0.492 e. The lowest BCUT2D eigenvalue weighted by atomic mass is 10.0. The van der Waals surface area contributed by atoms with Crippen molar-refractivity contribution >= 4 is 5.91 Å². The molecule has 1 amide bonds. The maximum absolute atomic E-state index is 13.1. The third-order valence-corrected chi connectivity index (χ3v) is 5.44. The van der Waals surface area contributed by atoms with Crippen molar-refractivity contribution in [3.63, 3.8) is 0 Å². The number of morpholine rings is 1. The van der Waals surface area contributed by atoms with Crippen molar-refractivity contribution in [2.75, 3.05) is 26.2 Å². The summed E-state index contributed by atoms with van der Waals surface area (Å²) < 4.78 is 11.9. The highest BCUT2D eigenvalue weighted by molar-refractivity contribution is 5.79. The van der Waals surface area contributed by atoms with Gasteiger partial charge < -0.3 is 20.1 Å². The van der Waals surface area contributed by atoms with Crippen LogP contribution in [0.25, 0.3) is 0 Å². The van der Waals surface area contributed by atoms with Crippen LogP contribution in [0, 0.1) is 5.92 Å². The van der Waals surface area contributed by atoms with Crippen molar-refractivity contribution in [3.05, 3.63) is 65.7 Å². The van der Waals surface area contributed by atoms with Gasteiger partial charge in [0.05, 0.1) is 19.1 Å². The summed E-state index contributed by atoms with van der Waals surface area (Å²) in [6, 6.07) is 18.0. The predicted molar refractivity (Wildman–Crippen MR) is 108 cm³/mol. The molecule has 5 nitrogen and oxygen atoms in total. The Balaban J connectivity index is 1.45. The minimum atomic E-state index is -0.0521. The molecule has 2 atom stereocenters. The Morgan fingerprint density at radius 1 is 1.11 bits per heavy atom. The van der Waals surface area contributed by atoms with Crippen LogP contribution in [-0.4, -0.2) is 43.2 Å². The van der Waals surface area contributed by atoms with E-state index in [1.54, 1.807) is 0 Å². The lowest BCUT2D eigenvalue weighted by molar-refractivity contribution is -0.147. The van der Waals surface area contributed by atoms with Crippen LogP contribution in [-0.2, 0) is 16.0 Å². The van der Waals surface area contributed by atoms with Gasteiger partial charge in [0.15, 0.2) is 0 Å². The second-order valence-electron chi connectivity index (χ2n) is 7.67. The van der Waals surface area contributed by atoms with Gasteiger partial charge in [-0.2, -0.15) is 0 Å². The second-order valence-corrected chi connectivity index (χ2v) is 7.67. The molecule has 0 spiro atoms. The average molecular weight is 380 g/mol. The average Bonchev–Trinajstić information content (AvgIpc) is 3.58. The zero-order valence-electron chi connectivity index (χ0n) is 16.1. The molecular weight excluding hydrogens is 352 g/mol. The number of nitrogens with two attached hydrogens (primary N) is 1. The van der Waals surface area contributed by atoms with Crippen molar-refractivity contribution in [3.8, 4) is 5.75 Å². The summed E-state index contributed by atoms with van der Waals surface area (Å²) in [4.78, 5) is 15.1. The molecule has 2 aliphatic rings. The largest absolute Gasteiger partial charge is 0.492 e. The molecule has 0 bridgehead atoms. The molecule has 2 fully saturated rings. The quantitative estimate of drug-likeness (QED) is 0.802. The van der Waals surface area contributed by atoms with Gasteiger partial charge in [-0.1, -0.05) is 42.5 Å². The molecule has 1 saturated carbocycles. The van der Waals surface area contributed by atoms with E-state index in [9.17, 15) is 4.79 Å². The van der Waals surface area contributed by atoms with E-state index >= 15 is 0 Å². The Hall–Kier alpha value is -2.37. The SMILES string of the molecule is NCCOc1cccc(CC(=O)N2C[C@@H](c3ccccc3)O[C@@H](C3CC3)C2)c1. The van der Waals surface area contributed by atoms with E-state index in [1.807, 2.05) is 47.4 Å². The lowest BCUT2D eigenvalue weighted by Gasteiger charge is -2.38. The molecule has 2 N–H and O–H groups in total. The van der Waals surface area contributed by atoms with Gasteiger partial charge in [-0.05, 0) is 42.0 Å². The van der Waals surface area contributed by atoms with Crippen molar-refractivity contribution in [2.24, 2.45) is 11.7 Å². The van der Waals surface area contributed by atoms with Crippen molar-refractivity contribution in [1.29, 1.82) is 0 Å². The third kappa shape index (κ3) is 4.72. The fourth-order valence-electron chi connectivity index (χ4n) is 3.78. The first-order chi connectivity index (χ1) is 13.7. The van der Waals surface area contributed by atoms with E-state index in [2.05, 4.69) is 12.1 Å². The number of carbonyl (C=O) groups excluding carboxylic acids is 1. The Morgan fingerprint density at radius 2 is 1.93 bits per heavy atom. The summed E-state index contributed by atoms with van der Waals surface area (Å²) >= 11 is 0. The summed E-state index contributed by atoms with van der Waals surface area (Å²) in [6.07, 6.45) is 2.87. The number of hydrogen-bond donors (Lipinski definition) is 1. The van der Waals surface area contributed by atoms with Crippen LogP contribution in [0.2, 0.25) is 0 Å². The first kappa shape index (κ1) is 19.0. The highest BCUT2D eigenvalue weighted by Gasteiger charge is 2.40. The molecule has 148 valence electrons. The number of hydrogen-bond acceptors (Lipinski definition) is 4. The number of carbonyl (C=O) groups is 1. The fraction of sp³-hybridized carbons (Fsp3) is 0.435. The maximum Gasteiger partial charge on any atom is 0.227 e. The highest BCUT2D eigenvalue weighted by Crippen LogP contribution is 2.39. The number of nitrogens with zero attached hydrogens (tertiary/aromatic N) is 1. The molecule has 1 aliphatic carbocycles. The molecule has 2 aromatic carbocycles.